The minimum absolute atomic E-state index is 0.0600. The maximum absolute atomic E-state index is 12.9. The normalized spacial score (nSPS) is 24.3. The van der Waals surface area contributed by atoms with Crippen molar-refractivity contribution in [3.8, 4) is 0 Å². The smallest absolute Gasteiger partial charge is 0.367 e. The third-order valence-corrected chi connectivity index (χ3v) is 3.95. The lowest BCUT2D eigenvalue weighted by Gasteiger charge is -2.28. The Hall–Kier alpha value is -0.780. The zero-order chi connectivity index (χ0) is 14.0. The quantitative estimate of drug-likeness (QED) is 0.834. The molecule has 0 aliphatic heterocycles. The Bertz CT molecular complexity index is 440. The molecule has 1 aliphatic rings. The van der Waals surface area contributed by atoms with Crippen LogP contribution < -0.4 is 5.32 Å². The second kappa shape index (κ2) is 5.69. The average molecular weight is 337 g/mol. The molecule has 0 atom stereocenters. The van der Waals surface area contributed by atoms with Gasteiger partial charge in [-0.05, 0) is 53.6 Å². The summed E-state index contributed by atoms with van der Waals surface area (Å²) in [5.74, 6) is 0.605. The molecule has 1 aromatic rings. The molecule has 0 spiro atoms. The van der Waals surface area contributed by atoms with Gasteiger partial charge in [-0.3, -0.25) is 0 Å². The van der Waals surface area contributed by atoms with Crippen molar-refractivity contribution >= 4 is 21.7 Å². The molecule has 1 saturated carbocycles. The molecule has 0 bridgehead atoms. The summed E-state index contributed by atoms with van der Waals surface area (Å²) in [6.07, 6.45) is 0.904. The molecule has 0 aromatic carbocycles. The first kappa shape index (κ1) is 14.6. The van der Waals surface area contributed by atoms with Crippen LogP contribution in [0.2, 0.25) is 0 Å². The van der Waals surface area contributed by atoms with E-state index in [0.717, 1.165) is 31.7 Å². The Labute approximate surface area is 118 Å². The minimum Gasteiger partial charge on any atom is -0.367 e. The number of rotatable bonds is 2. The standard InChI is InChI=1S/C13H16BrF3N2/c1-8-2-4-10(5-3-8)19-12-11(13(15,16)17)6-9(14)7-18-12/h6-8,10H,2-5H2,1H3,(H,18,19). The Kier molecular flexibility index (Phi) is 4.38. The fourth-order valence-corrected chi connectivity index (χ4v) is 2.70. The molecule has 0 saturated heterocycles. The highest BCUT2D eigenvalue weighted by molar-refractivity contribution is 9.10. The molecule has 2 rings (SSSR count). The van der Waals surface area contributed by atoms with Gasteiger partial charge < -0.3 is 5.32 Å². The second-order valence-electron chi connectivity index (χ2n) is 5.15. The molecule has 106 valence electrons. The van der Waals surface area contributed by atoms with Gasteiger partial charge in [0.1, 0.15) is 5.82 Å². The van der Waals surface area contributed by atoms with Crippen LogP contribution in [-0.4, -0.2) is 11.0 Å². The first-order chi connectivity index (χ1) is 8.86. The predicted molar refractivity (Wildman–Crippen MR) is 72.0 cm³/mol. The van der Waals surface area contributed by atoms with E-state index in [-0.39, 0.29) is 11.9 Å². The van der Waals surface area contributed by atoms with E-state index in [0.29, 0.717) is 10.4 Å². The van der Waals surface area contributed by atoms with Gasteiger partial charge in [-0.15, -0.1) is 0 Å². The van der Waals surface area contributed by atoms with Gasteiger partial charge in [-0.2, -0.15) is 13.2 Å². The molecule has 6 heteroatoms. The van der Waals surface area contributed by atoms with Crippen molar-refractivity contribution in [1.82, 2.24) is 4.98 Å². The molecule has 2 nitrogen and oxygen atoms in total. The van der Waals surface area contributed by atoms with Crippen molar-refractivity contribution in [2.24, 2.45) is 5.92 Å². The van der Waals surface area contributed by atoms with E-state index in [4.69, 9.17) is 0 Å². The molecule has 1 aliphatic carbocycles. The van der Waals surface area contributed by atoms with Crippen LogP contribution in [0.3, 0.4) is 0 Å². The summed E-state index contributed by atoms with van der Waals surface area (Å²) in [7, 11) is 0. The summed E-state index contributed by atoms with van der Waals surface area (Å²) in [5, 5.41) is 2.95. The fourth-order valence-electron chi connectivity index (χ4n) is 2.37. The van der Waals surface area contributed by atoms with Gasteiger partial charge in [0.15, 0.2) is 0 Å². The maximum Gasteiger partial charge on any atom is 0.419 e. The van der Waals surface area contributed by atoms with Crippen molar-refractivity contribution in [2.45, 2.75) is 44.8 Å². The van der Waals surface area contributed by atoms with E-state index in [1.54, 1.807) is 0 Å². The first-order valence-corrected chi connectivity index (χ1v) is 7.15. The average Bonchev–Trinajstić information content (AvgIpc) is 2.33. The SMILES string of the molecule is CC1CCC(Nc2ncc(Br)cc2C(F)(F)F)CC1. The van der Waals surface area contributed by atoms with Crippen molar-refractivity contribution < 1.29 is 13.2 Å². The monoisotopic (exact) mass is 336 g/mol. The number of aromatic nitrogens is 1. The number of alkyl halides is 3. The predicted octanol–water partition coefficient (Wildman–Crippen LogP) is 4.85. The van der Waals surface area contributed by atoms with Crippen molar-refractivity contribution in [2.75, 3.05) is 5.32 Å². The van der Waals surface area contributed by atoms with E-state index < -0.39 is 11.7 Å². The summed E-state index contributed by atoms with van der Waals surface area (Å²) < 4.78 is 39.2. The summed E-state index contributed by atoms with van der Waals surface area (Å²) in [4.78, 5) is 3.88. The second-order valence-corrected chi connectivity index (χ2v) is 6.06. The summed E-state index contributed by atoms with van der Waals surface area (Å²) in [6.45, 7) is 2.18. The minimum atomic E-state index is -4.39. The molecule has 0 amide bonds. The van der Waals surface area contributed by atoms with Crippen LogP contribution in [0.5, 0.6) is 0 Å². The van der Waals surface area contributed by atoms with Gasteiger partial charge in [0, 0.05) is 16.7 Å². The number of pyridine rings is 1. The van der Waals surface area contributed by atoms with Crippen molar-refractivity contribution in [3.05, 3.63) is 22.3 Å². The number of nitrogens with one attached hydrogen (secondary N) is 1. The molecule has 1 fully saturated rings. The van der Waals surface area contributed by atoms with Crippen LogP contribution >= 0.6 is 15.9 Å². The summed E-state index contributed by atoms with van der Waals surface area (Å²) in [6, 6.07) is 1.16. The molecule has 0 radical (unpaired) electrons. The van der Waals surface area contributed by atoms with Crippen LogP contribution in [-0.2, 0) is 6.18 Å². The van der Waals surface area contributed by atoms with E-state index >= 15 is 0 Å². The lowest BCUT2D eigenvalue weighted by molar-refractivity contribution is -0.137. The van der Waals surface area contributed by atoms with Crippen LogP contribution in [0.15, 0.2) is 16.7 Å². The van der Waals surface area contributed by atoms with Crippen molar-refractivity contribution in [1.29, 1.82) is 0 Å². The molecular formula is C13H16BrF3N2. The van der Waals surface area contributed by atoms with Gasteiger partial charge in [-0.1, -0.05) is 6.92 Å². The molecule has 1 aromatic heterocycles. The van der Waals surface area contributed by atoms with E-state index in [1.807, 2.05) is 0 Å². The molecule has 1 heterocycles. The van der Waals surface area contributed by atoms with Crippen LogP contribution in [0.25, 0.3) is 0 Å². The Balaban J connectivity index is 2.16. The van der Waals surface area contributed by atoms with Gasteiger partial charge in [0.2, 0.25) is 0 Å². The topological polar surface area (TPSA) is 24.9 Å². The maximum atomic E-state index is 12.9. The van der Waals surface area contributed by atoms with E-state index in [2.05, 4.69) is 33.2 Å². The Morgan fingerprint density at radius 2 is 1.89 bits per heavy atom. The van der Waals surface area contributed by atoms with Crippen molar-refractivity contribution in [3.63, 3.8) is 0 Å². The number of nitrogens with zero attached hydrogens (tertiary/aromatic N) is 1. The summed E-state index contributed by atoms with van der Waals surface area (Å²) in [5.41, 5.74) is -0.708. The Morgan fingerprint density at radius 1 is 1.26 bits per heavy atom. The zero-order valence-corrected chi connectivity index (χ0v) is 12.2. The van der Waals surface area contributed by atoms with Gasteiger partial charge in [-0.25, -0.2) is 4.98 Å². The highest BCUT2D eigenvalue weighted by atomic mass is 79.9. The lowest BCUT2D eigenvalue weighted by atomic mass is 9.87. The molecule has 0 unspecified atom stereocenters. The van der Waals surface area contributed by atoms with Gasteiger partial charge in [0.25, 0.3) is 0 Å². The Morgan fingerprint density at radius 3 is 2.47 bits per heavy atom. The molecular weight excluding hydrogens is 321 g/mol. The fraction of sp³-hybridized carbons (Fsp3) is 0.615. The van der Waals surface area contributed by atoms with E-state index in [1.165, 1.54) is 6.20 Å². The third kappa shape index (κ3) is 3.84. The third-order valence-electron chi connectivity index (χ3n) is 3.52. The van der Waals surface area contributed by atoms with Gasteiger partial charge in [0.05, 0.1) is 5.56 Å². The number of halogens is 4. The molecule has 1 N–H and O–H groups in total. The lowest BCUT2D eigenvalue weighted by Crippen LogP contribution is -2.27. The first-order valence-electron chi connectivity index (χ1n) is 6.35. The van der Waals surface area contributed by atoms with Crippen LogP contribution in [0, 0.1) is 5.92 Å². The highest BCUT2D eigenvalue weighted by Crippen LogP contribution is 2.36. The number of anilines is 1. The van der Waals surface area contributed by atoms with Gasteiger partial charge >= 0.3 is 6.18 Å². The van der Waals surface area contributed by atoms with E-state index in [9.17, 15) is 13.2 Å². The number of hydrogen-bond donors (Lipinski definition) is 1. The molecule has 19 heavy (non-hydrogen) atoms. The largest absolute Gasteiger partial charge is 0.419 e. The highest BCUT2D eigenvalue weighted by Gasteiger charge is 2.35. The zero-order valence-electron chi connectivity index (χ0n) is 10.6. The van der Waals surface area contributed by atoms with Crippen LogP contribution in [0.4, 0.5) is 19.0 Å². The summed E-state index contributed by atoms with van der Waals surface area (Å²) >= 11 is 3.03. The van der Waals surface area contributed by atoms with Crippen LogP contribution in [0.1, 0.15) is 38.2 Å². The number of hydrogen-bond acceptors (Lipinski definition) is 2.